The molecule has 0 fully saturated rings. The number of H-pyrrole nitrogens is 1. The highest BCUT2D eigenvalue weighted by Crippen LogP contribution is 2.32. The van der Waals surface area contributed by atoms with Gasteiger partial charge in [-0.15, -0.1) is 0 Å². The number of para-hydroxylation sites is 1. The summed E-state index contributed by atoms with van der Waals surface area (Å²) in [4.78, 5) is 15.7. The number of aromatic amines is 1. The Morgan fingerprint density at radius 2 is 1.91 bits per heavy atom. The Morgan fingerprint density at radius 3 is 2.73 bits per heavy atom. The molecule has 0 saturated carbocycles. The Balaban J connectivity index is 1.55. The normalized spacial score (nSPS) is 20.0. The zero-order valence-corrected chi connectivity index (χ0v) is 12.5. The number of carbonyl (C=O) groups is 1. The third kappa shape index (κ3) is 2.10. The van der Waals surface area contributed by atoms with Crippen LogP contribution in [0.2, 0.25) is 0 Å². The molecule has 3 heteroatoms. The van der Waals surface area contributed by atoms with Gasteiger partial charge in [-0.05, 0) is 29.7 Å². The van der Waals surface area contributed by atoms with Crippen molar-refractivity contribution in [3.63, 3.8) is 0 Å². The molecule has 22 heavy (non-hydrogen) atoms. The molecule has 3 aromatic rings. The quantitative estimate of drug-likeness (QED) is 0.744. The van der Waals surface area contributed by atoms with Crippen LogP contribution in [0.4, 0.5) is 0 Å². The molecule has 1 amide bonds. The van der Waals surface area contributed by atoms with Gasteiger partial charge in [0.05, 0.1) is 0 Å². The third-order valence-corrected chi connectivity index (χ3v) is 4.68. The van der Waals surface area contributed by atoms with Gasteiger partial charge < -0.3 is 10.3 Å². The van der Waals surface area contributed by atoms with Crippen molar-refractivity contribution in [2.75, 3.05) is 0 Å². The molecule has 110 valence electrons. The predicted octanol–water partition coefficient (Wildman–Crippen LogP) is 3.63. The second-order valence-corrected chi connectivity index (χ2v) is 6.04. The average Bonchev–Trinajstić information content (AvgIpc) is 3.10. The number of nitrogens with one attached hydrogen (secondary N) is 2. The Bertz CT molecular complexity index is 816. The number of fused-ring (bicyclic) bond motifs is 2. The van der Waals surface area contributed by atoms with Gasteiger partial charge in [-0.25, -0.2) is 0 Å². The SMILES string of the molecule is CC1c2ccccc2CC1NC(=O)c1cc2ccccc2[nH]1. The van der Waals surface area contributed by atoms with Gasteiger partial charge in [0.25, 0.3) is 5.91 Å². The lowest BCUT2D eigenvalue weighted by Gasteiger charge is -2.17. The molecule has 0 aliphatic heterocycles. The lowest BCUT2D eigenvalue weighted by molar-refractivity contribution is 0.0930. The van der Waals surface area contributed by atoms with Crippen LogP contribution in [0.15, 0.2) is 54.6 Å². The highest BCUT2D eigenvalue weighted by atomic mass is 16.1. The first-order valence-corrected chi connectivity index (χ1v) is 7.69. The molecule has 0 radical (unpaired) electrons. The molecule has 1 heterocycles. The monoisotopic (exact) mass is 290 g/mol. The Labute approximate surface area is 129 Å². The zero-order chi connectivity index (χ0) is 15.1. The van der Waals surface area contributed by atoms with Gasteiger partial charge in [0.15, 0.2) is 0 Å². The van der Waals surface area contributed by atoms with E-state index in [9.17, 15) is 4.79 Å². The topological polar surface area (TPSA) is 44.9 Å². The molecule has 3 nitrogen and oxygen atoms in total. The molecule has 2 N–H and O–H groups in total. The highest BCUT2D eigenvalue weighted by molar-refractivity contribution is 5.98. The van der Waals surface area contributed by atoms with Crippen molar-refractivity contribution < 1.29 is 4.79 Å². The van der Waals surface area contributed by atoms with Crippen LogP contribution in [0.5, 0.6) is 0 Å². The van der Waals surface area contributed by atoms with Crippen LogP contribution in [-0.4, -0.2) is 16.9 Å². The molecule has 2 atom stereocenters. The second kappa shape index (κ2) is 5.02. The lowest BCUT2D eigenvalue weighted by Crippen LogP contribution is -2.37. The number of aromatic nitrogens is 1. The van der Waals surface area contributed by atoms with E-state index in [4.69, 9.17) is 0 Å². The first-order chi connectivity index (χ1) is 10.7. The van der Waals surface area contributed by atoms with Crippen molar-refractivity contribution in [2.24, 2.45) is 0 Å². The van der Waals surface area contributed by atoms with Crippen LogP contribution in [0.25, 0.3) is 10.9 Å². The minimum atomic E-state index is -0.0270. The number of rotatable bonds is 2. The number of carbonyl (C=O) groups excluding carboxylic acids is 1. The van der Waals surface area contributed by atoms with Crippen LogP contribution in [0.3, 0.4) is 0 Å². The average molecular weight is 290 g/mol. The van der Waals surface area contributed by atoms with Crippen molar-refractivity contribution >= 4 is 16.8 Å². The van der Waals surface area contributed by atoms with E-state index in [0.29, 0.717) is 11.6 Å². The maximum Gasteiger partial charge on any atom is 0.267 e. The van der Waals surface area contributed by atoms with Crippen molar-refractivity contribution in [1.29, 1.82) is 0 Å². The molecular formula is C19H18N2O. The molecule has 4 rings (SSSR count). The molecule has 0 saturated heterocycles. The zero-order valence-electron chi connectivity index (χ0n) is 12.5. The molecule has 1 aromatic heterocycles. The molecule has 0 spiro atoms. The van der Waals surface area contributed by atoms with Gasteiger partial charge in [-0.3, -0.25) is 4.79 Å². The van der Waals surface area contributed by atoms with E-state index in [1.165, 1.54) is 11.1 Å². The molecule has 1 aliphatic carbocycles. The minimum absolute atomic E-state index is 0.0270. The van der Waals surface area contributed by atoms with Crippen molar-refractivity contribution in [3.8, 4) is 0 Å². The molecule has 2 aromatic carbocycles. The number of benzene rings is 2. The fourth-order valence-electron chi connectivity index (χ4n) is 3.41. The van der Waals surface area contributed by atoms with Crippen molar-refractivity contribution in [3.05, 3.63) is 71.4 Å². The standard InChI is InChI=1S/C19H18N2O/c1-12-15-8-4-2-6-13(15)10-17(12)21-19(22)18-11-14-7-3-5-9-16(14)20-18/h2-9,11-12,17,20H,10H2,1H3,(H,21,22). The Kier molecular flexibility index (Phi) is 3.00. The highest BCUT2D eigenvalue weighted by Gasteiger charge is 2.30. The summed E-state index contributed by atoms with van der Waals surface area (Å²) in [6, 6.07) is 18.5. The van der Waals surface area contributed by atoms with Gasteiger partial charge in [-0.2, -0.15) is 0 Å². The van der Waals surface area contributed by atoms with E-state index in [1.54, 1.807) is 0 Å². The predicted molar refractivity (Wildman–Crippen MR) is 88.1 cm³/mol. The fraction of sp³-hybridized carbons (Fsp3) is 0.211. The van der Waals surface area contributed by atoms with Crippen LogP contribution in [0.1, 0.15) is 34.5 Å². The number of amides is 1. The van der Waals surface area contributed by atoms with Crippen LogP contribution < -0.4 is 5.32 Å². The van der Waals surface area contributed by atoms with Gasteiger partial charge in [0, 0.05) is 22.9 Å². The summed E-state index contributed by atoms with van der Waals surface area (Å²) in [5.41, 5.74) is 4.32. The first kappa shape index (κ1) is 13.1. The second-order valence-electron chi connectivity index (χ2n) is 6.04. The van der Waals surface area contributed by atoms with E-state index in [0.717, 1.165) is 17.3 Å². The number of hydrogen-bond acceptors (Lipinski definition) is 1. The smallest absolute Gasteiger partial charge is 0.267 e. The molecule has 1 aliphatic rings. The maximum absolute atomic E-state index is 12.5. The number of hydrogen-bond donors (Lipinski definition) is 2. The minimum Gasteiger partial charge on any atom is -0.351 e. The Morgan fingerprint density at radius 1 is 1.14 bits per heavy atom. The van der Waals surface area contributed by atoms with E-state index in [-0.39, 0.29) is 11.9 Å². The van der Waals surface area contributed by atoms with Crippen LogP contribution >= 0.6 is 0 Å². The summed E-state index contributed by atoms with van der Waals surface area (Å²) in [5.74, 6) is 0.324. The van der Waals surface area contributed by atoms with E-state index in [1.807, 2.05) is 30.3 Å². The first-order valence-electron chi connectivity index (χ1n) is 7.69. The molecule has 2 unspecified atom stereocenters. The largest absolute Gasteiger partial charge is 0.351 e. The van der Waals surface area contributed by atoms with Crippen molar-refractivity contribution in [1.82, 2.24) is 10.3 Å². The van der Waals surface area contributed by atoms with Crippen molar-refractivity contribution in [2.45, 2.75) is 25.3 Å². The molecular weight excluding hydrogens is 272 g/mol. The fourth-order valence-corrected chi connectivity index (χ4v) is 3.41. The van der Waals surface area contributed by atoms with Gasteiger partial charge >= 0.3 is 0 Å². The lowest BCUT2D eigenvalue weighted by atomic mass is 10.0. The molecule has 0 bridgehead atoms. The van der Waals surface area contributed by atoms with E-state index >= 15 is 0 Å². The summed E-state index contributed by atoms with van der Waals surface area (Å²) in [6.45, 7) is 2.18. The van der Waals surface area contributed by atoms with Gasteiger partial charge in [0.2, 0.25) is 0 Å². The summed E-state index contributed by atoms with van der Waals surface area (Å²) in [5, 5.41) is 4.25. The van der Waals surface area contributed by atoms with Crippen LogP contribution in [0, 0.1) is 0 Å². The van der Waals surface area contributed by atoms with E-state index < -0.39 is 0 Å². The van der Waals surface area contributed by atoms with Crippen LogP contribution in [-0.2, 0) is 6.42 Å². The summed E-state index contributed by atoms with van der Waals surface area (Å²) >= 11 is 0. The van der Waals surface area contributed by atoms with Gasteiger partial charge in [0.1, 0.15) is 5.69 Å². The summed E-state index contributed by atoms with van der Waals surface area (Å²) in [7, 11) is 0. The maximum atomic E-state index is 12.5. The van der Waals surface area contributed by atoms with Gasteiger partial charge in [-0.1, -0.05) is 49.4 Å². The Hall–Kier alpha value is -2.55. The third-order valence-electron chi connectivity index (χ3n) is 4.68. The summed E-state index contributed by atoms with van der Waals surface area (Å²) in [6.07, 6.45) is 0.906. The van der Waals surface area contributed by atoms with E-state index in [2.05, 4.69) is 41.5 Å². The summed E-state index contributed by atoms with van der Waals surface area (Å²) < 4.78 is 0.